The van der Waals surface area contributed by atoms with Crippen molar-refractivity contribution < 1.29 is 66.5 Å². The third-order valence-electron chi connectivity index (χ3n) is 10.7. The largest absolute Gasteiger partial charge is 1.00 e. The van der Waals surface area contributed by atoms with E-state index < -0.39 is 22.3 Å². The molecule has 0 aliphatic carbocycles. The van der Waals surface area contributed by atoms with Gasteiger partial charge in [0.15, 0.2) is 0 Å². The molecule has 0 fully saturated rings. The van der Waals surface area contributed by atoms with Gasteiger partial charge in [-0.1, -0.05) is 258 Å². The van der Waals surface area contributed by atoms with Gasteiger partial charge in [0.1, 0.15) is 0 Å². The molecule has 0 aliphatic rings. The van der Waals surface area contributed by atoms with Crippen LogP contribution >= 0.6 is 0 Å². The molecule has 0 aliphatic heterocycles. The topological polar surface area (TPSA) is 141 Å². The number of hydrogen-bond acceptors (Lipinski definition) is 6. The molecule has 58 heavy (non-hydrogen) atoms. The zero-order valence-electron chi connectivity index (χ0n) is 39.2. The molecule has 0 bridgehead atoms. The Morgan fingerprint density at radius 3 is 0.810 bits per heavy atom. The molecule has 0 rings (SSSR count). The molecule has 0 amide bonds. The molecular weight excluding hydrogens is 760 g/mol. The van der Waals surface area contributed by atoms with E-state index in [0.29, 0.717) is 12.8 Å². The summed E-state index contributed by atoms with van der Waals surface area (Å²) in [5.74, 6) is -1.56. The molecule has 0 aromatic heterocycles. The zero-order valence-corrected chi connectivity index (χ0v) is 42.0. The van der Waals surface area contributed by atoms with Crippen LogP contribution in [0.5, 0.6) is 0 Å². The van der Waals surface area contributed by atoms with Gasteiger partial charge in [-0.3, -0.25) is 9.35 Å². The van der Waals surface area contributed by atoms with Crippen molar-refractivity contribution in [2.24, 2.45) is 0 Å². The summed E-state index contributed by atoms with van der Waals surface area (Å²) in [6, 6.07) is 0. The van der Waals surface area contributed by atoms with Crippen molar-refractivity contribution in [2.45, 2.75) is 290 Å². The van der Waals surface area contributed by atoms with Gasteiger partial charge in [-0.05, 0) is 25.7 Å². The minimum absolute atomic E-state index is 0. The van der Waals surface area contributed by atoms with E-state index in [9.17, 15) is 23.1 Å². The number of aliphatic carboxylic acids is 2. The Hall–Kier alpha value is -0.190. The van der Waals surface area contributed by atoms with Gasteiger partial charge in [-0.15, -0.1) is 0 Å². The zero-order chi connectivity index (χ0) is 42.8. The van der Waals surface area contributed by atoms with Crippen LogP contribution in [-0.2, 0) is 24.2 Å². The van der Waals surface area contributed by atoms with Crippen molar-refractivity contribution in [3.8, 4) is 0 Å². The summed E-state index contributed by atoms with van der Waals surface area (Å²) in [5.41, 5.74) is 0. The molecule has 0 unspecified atom stereocenters. The minimum atomic E-state index is -4.23. The molecule has 10 heteroatoms. The molecule has 0 aromatic rings. The Bertz CT molecular complexity index is 843. The molecule has 0 aromatic carbocycles. The molecule has 0 saturated heterocycles. The number of carbonyl (C=O) groups is 2. The van der Waals surface area contributed by atoms with Crippen LogP contribution in [0.1, 0.15) is 290 Å². The van der Waals surface area contributed by atoms with Gasteiger partial charge in [-0.2, -0.15) is 8.42 Å². The Labute approximate surface area is 383 Å². The predicted octanol–water partition coefficient (Wildman–Crippen LogP) is 12.1. The van der Waals surface area contributed by atoms with Crippen LogP contribution < -0.4 is 34.7 Å². The molecule has 0 atom stereocenters. The van der Waals surface area contributed by atoms with Crippen molar-refractivity contribution >= 4 is 22.3 Å². The fourth-order valence-electron chi connectivity index (χ4n) is 7.04. The quantitative estimate of drug-likeness (QED) is 0.0350. The smallest absolute Gasteiger partial charge is 0.550 e. The van der Waals surface area contributed by atoms with E-state index in [0.717, 1.165) is 38.5 Å². The van der Waals surface area contributed by atoms with Crippen LogP contribution in [0.15, 0.2) is 0 Å². The average molecular weight is 857 g/mol. The van der Waals surface area contributed by atoms with E-state index in [1.165, 1.54) is 212 Å². The molecule has 2 N–H and O–H groups in total. The summed E-state index contributed by atoms with van der Waals surface area (Å²) in [6.07, 6.45) is 51.9. The number of unbranched alkanes of at least 4 members (excludes halogenated alkanes) is 37. The van der Waals surface area contributed by atoms with Crippen molar-refractivity contribution in [3.63, 3.8) is 0 Å². The van der Waals surface area contributed by atoms with E-state index in [1.807, 2.05) is 0 Å². The monoisotopic (exact) mass is 857 g/mol. The van der Waals surface area contributed by atoms with Gasteiger partial charge in [-0.25, -0.2) is 4.18 Å². The molecule has 0 spiro atoms. The van der Waals surface area contributed by atoms with Gasteiger partial charge in [0.05, 0.1) is 6.61 Å². The predicted molar refractivity (Wildman–Crippen MR) is 241 cm³/mol. The third kappa shape index (κ3) is 73.3. The summed E-state index contributed by atoms with van der Waals surface area (Å²) in [6.45, 7) is 6.85. The molecule has 0 heterocycles. The van der Waals surface area contributed by atoms with E-state index in [2.05, 4.69) is 25.0 Å². The third-order valence-corrected chi connectivity index (χ3v) is 11.2. The van der Waals surface area contributed by atoms with Crippen molar-refractivity contribution in [2.75, 3.05) is 6.61 Å². The Morgan fingerprint density at radius 2 is 0.603 bits per heavy atom. The van der Waals surface area contributed by atoms with Gasteiger partial charge < -0.3 is 15.0 Å². The second-order valence-corrected chi connectivity index (χ2v) is 17.7. The SMILES string of the molecule is CCCCCCCCCCCCCCCCCC(=O)O.CCCCCCCCCCCCCCCCCC(=O)[O-].CCCCCCCCCCCCOS(=O)(=O)O.[Na+]. The van der Waals surface area contributed by atoms with Crippen LogP contribution in [0.3, 0.4) is 0 Å². The molecule has 344 valence electrons. The summed E-state index contributed by atoms with van der Waals surface area (Å²) in [4.78, 5) is 20.6. The van der Waals surface area contributed by atoms with E-state index in [4.69, 9.17) is 9.66 Å². The average Bonchev–Trinajstić information content (AvgIpc) is 3.17. The van der Waals surface area contributed by atoms with Gasteiger partial charge in [0.2, 0.25) is 0 Å². The molecule has 0 saturated carbocycles. The summed E-state index contributed by atoms with van der Waals surface area (Å²) < 4.78 is 33.0. The van der Waals surface area contributed by atoms with E-state index in [-0.39, 0.29) is 42.6 Å². The second-order valence-electron chi connectivity index (χ2n) is 16.6. The first-order valence-electron chi connectivity index (χ1n) is 24.6. The van der Waals surface area contributed by atoms with Gasteiger partial charge in [0.25, 0.3) is 0 Å². The first-order valence-corrected chi connectivity index (χ1v) is 26.0. The number of carbonyl (C=O) groups excluding carboxylic acids is 1. The van der Waals surface area contributed by atoms with Gasteiger partial charge in [0, 0.05) is 12.4 Å². The number of rotatable bonds is 44. The van der Waals surface area contributed by atoms with Crippen LogP contribution in [0, 0.1) is 0 Å². The fourth-order valence-corrected chi connectivity index (χ4v) is 7.37. The normalized spacial score (nSPS) is 11.0. The van der Waals surface area contributed by atoms with Crippen LogP contribution in [0.25, 0.3) is 0 Å². The van der Waals surface area contributed by atoms with E-state index >= 15 is 0 Å². The number of hydrogen-bond donors (Lipinski definition) is 2. The summed E-state index contributed by atoms with van der Waals surface area (Å²) in [7, 11) is -4.23. The number of carboxylic acids is 2. The Balaban J connectivity index is -0.000000375. The van der Waals surface area contributed by atoms with Crippen LogP contribution in [0.2, 0.25) is 0 Å². The standard InChI is InChI=1S/2C18H36O2.C12H26O4S.Na/c2*1-2-3-4-5-6-7-8-9-10-11-12-13-14-15-16-17-18(19)20;1-2-3-4-5-6-7-8-9-10-11-12-16-17(13,14)15;/h2*2-17H2,1H3,(H,19,20);2-12H2,1H3,(H,13,14,15);/q;;;+1/p-1. The molecule has 8 nitrogen and oxygen atoms in total. The molecular formula is C48H97NaO8S. The number of carboxylic acid groups (broad SMARTS) is 2. The Morgan fingerprint density at radius 1 is 0.397 bits per heavy atom. The minimum Gasteiger partial charge on any atom is -0.550 e. The van der Waals surface area contributed by atoms with Crippen molar-refractivity contribution in [3.05, 3.63) is 0 Å². The second kappa shape index (κ2) is 56.8. The van der Waals surface area contributed by atoms with E-state index in [1.54, 1.807) is 0 Å². The maximum absolute atomic E-state index is 10.3. The van der Waals surface area contributed by atoms with Crippen LogP contribution in [-0.4, -0.2) is 36.6 Å². The Kier molecular flexibility index (Phi) is 63.1. The van der Waals surface area contributed by atoms with Gasteiger partial charge >= 0.3 is 45.9 Å². The van der Waals surface area contributed by atoms with Crippen LogP contribution in [0.4, 0.5) is 0 Å². The fraction of sp³-hybridized carbons (Fsp3) is 0.958. The summed E-state index contributed by atoms with van der Waals surface area (Å²) >= 11 is 0. The maximum Gasteiger partial charge on any atom is 1.00 e. The summed E-state index contributed by atoms with van der Waals surface area (Å²) in [5, 5.41) is 18.7. The first kappa shape index (κ1) is 64.4. The molecule has 0 radical (unpaired) electrons. The first-order chi connectivity index (χ1) is 27.6. The van der Waals surface area contributed by atoms with Crippen molar-refractivity contribution in [1.82, 2.24) is 0 Å². The maximum atomic E-state index is 10.3. The van der Waals surface area contributed by atoms with Crippen molar-refractivity contribution in [1.29, 1.82) is 0 Å².